The lowest BCUT2D eigenvalue weighted by Crippen LogP contribution is -2.75. The third-order valence-corrected chi connectivity index (χ3v) is 9.68. The van der Waals surface area contributed by atoms with Gasteiger partial charge in [-0.15, -0.1) is 5.10 Å². The Balaban J connectivity index is 0.926. The van der Waals surface area contributed by atoms with E-state index in [1.165, 1.54) is 16.8 Å². The topological polar surface area (TPSA) is 91.6 Å². The predicted octanol–water partition coefficient (Wildman–Crippen LogP) is 3.17. The lowest BCUT2D eigenvalue weighted by atomic mass is 9.60. The highest BCUT2D eigenvalue weighted by molar-refractivity contribution is 7.92. The Morgan fingerprint density at radius 2 is 1.46 bits per heavy atom. The summed E-state index contributed by atoms with van der Waals surface area (Å²) in [5.41, 5.74) is -4.73. The smallest absolute Gasteiger partial charge is 0.323 e. The molecule has 212 valence electrons. The van der Waals surface area contributed by atoms with E-state index in [-0.39, 0.29) is 22.9 Å². The number of rotatable bonds is 4. The normalized spacial score (nSPS) is 22.8. The zero-order valence-electron chi connectivity index (χ0n) is 20.4. The number of urea groups is 1. The number of hydrogen-bond donors (Lipinski definition) is 0. The Morgan fingerprint density at radius 1 is 0.897 bits per heavy atom. The van der Waals surface area contributed by atoms with Gasteiger partial charge in [0.25, 0.3) is 15.7 Å². The van der Waals surface area contributed by atoms with E-state index in [0.29, 0.717) is 51.1 Å². The lowest BCUT2D eigenvalue weighted by molar-refractivity contribution is -0.145. The Bertz CT molecular complexity index is 1380. The minimum atomic E-state index is -5.37. The zero-order valence-corrected chi connectivity index (χ0v) is 21.2. The average molecular weight is 579 g/mol. The SMILES string of the molecule is O=C(N1CC2(CC(n3cnc(C(F)(F)F)n3)C2)C1)N1CC2(CN(Cc3ccc(S(=O)(=O)C(F)(F)F)cc3)C2)C1. The van der Waals surface area contributed by atoms with Gasteiger partial charge in [-0.2, -0.15) is 26.3 Å². The quantitative estimate of drug-likeness (QED) is 0.518. The number of carbonyl (C=O) groups excluding carboxylic acids is 1. The van der Waals surface area contributed by atoms with Crippen LogP contribution in [0.4, 0.5) is 31.1 Å². The van der Waals surface area contributed by atoms with Crippen LogP contribution >= 0.6 is 0 Å². The fraction of sp³-hybridized carbons (Fsp3) is 0.609. The van der Waals surface area contributed by atoms with Crippen molar-refractivity contribution >= 4 is 15.9 Å². The van der Waals surface area contributed by atoms with Gasteiger partial charge in [-0.3, -0.25) is 4.90 Å². The van der Waals surface area contributed by atoms with E-state index in [4.69, 9.17) is 0 Å². The number of hydrogen-bond acceptors (Lipinski definition) is 6. The van der Waals surface area contributed by atoms with Gasteiger partial charge in [0.2, 0.25) is 0 Å². The molecular formula is C23H24F6N6O3S. The minimum Gasteiger partial charge on any atom is -0.323 e. The molecule has 6 rings (SSSR count). The molecule has 0 bridgehead atoms. The molecule has 1 aromatic carbocycles. The summed E-state index contributed by atoms with van der Waals surface area (Å²) in [6, 6.07) is 4.49. The number of carbonyl (C=O) groups is 1. The second kappa shape index (κ2) is 8.32. The number of aromatic nitrogens is 3. The van der Waals surface area contributed by atoms with E-state index in [0.717, 1.165) is 31.5 Å². The molecule has 2 aromatic rings. The fourth-order valence-corrected chi connectivity index (χ4v) is 7.10. The Hall–Kier alpha value is -2.88. The fourth-order valence-electron chi connectivity index (χ4n) is 6.34. The van der Waals surface area contributed by atoms with Gasteiger partial charge in [-0.05, 0) is 30.5 Å². The molecule has 0 atom stereocenters. The summed E-state index contributed by atoms with van der Waals surface area (Å²) in [6.45, 7) is 4.27. The lowest BCUT2D eigenvalue weighted by Gasteiger charge is -2.63. The van der Waals surface area contributed by atoms with Crippen LogP contribution in [0.25, 0.3) is 0 Å². The molecule has 4 aliphatic rings. The highest BCUT2D eigenvalue weighted by Crippen LogP contribution is 2.54. The van der Waals surface area contributed by atoms with Crippen LogP contribution in [0.3, 0.4) is 0 Å². The first-order chi connectivity index (χ1) is 18.1. The van der Waals surface area contributed by atoms with Crippen LogP contribution in [-0.2, 0) is 22.6 Å². The van der Waals surface area contributed by atoms with Gasteiger partial charge in [0, 0.05) is 56.6 Å². The number of alkyl halides is 6. The number of sulfone groups is 1. The minimum absolute atomic E-state index is 0.0113. The van der Waals surface area contributed by atoms with Crippen molar-refractivity contribution in [2.24, 2.45) is 10.8 Å². The van der Waals surface area contributed by atoms with Crippen molar-refractivity contribution in [2.45, 2.75) is 42.0 Å². The first-order valence-electron chi connectivity index (χ1n) is 12.2. The summed E-state index contributed by atoms with van der Waals surface area (Å²) in [5, 5.41) is 3.54. The van der Waals surface area contributed by atoms with E-state index >= 15 is 0 Å². The highest BCUT2D eigenvalue weighted by atomic mass is 32.2. The largest absolute Gasteiger partial charge is 0.501 e. The van der Waals surface area contributed by atoms with Gasteiger partial charge in [0.15, 0.2) is 0 Å². The number of halogens is 6. The Kier molecular flexibility index (Phi) is 5.62. The van der Waals surface area contributed by atoms with Crippen molar-refractivity contribution in [3.63, 3.8) is 0 Å². The van der Waals surface area contributed by atoms with E-state index in [2.05, 4.69) is 15.0 Å². The molecule has 16 heteroatoms. The first kappa shape index (κ1) is 26.3. The standard InChI is InChI=1S/C23H24F6N6O3S/c24-22(25,26)18-30-14-35(31-18)16-5-20(6-16)10-33(11-20)19(36)34-12-21(13-34)8-32(9-21)7-15-1-3-17(4-2-15)39(37,38)23(27,28)29/h1-4,14,16H,5-13H2. The van der Waals surface area contributed by atoms with Crippen LogP contribution < -0.4 is 0 Å². The summed E-state index contributed by atoms with van der Waals surface area (Å²) < 4.78 is 100. The Morgan fingerprint density at radius 3 is 1.97 bits per heavy atom. The van der Waals surface area contributed by atoms with Crippen LogP contribution in [0.15, 0.2) is 35.5 Å². The maximum absolute atomic E-state index is 12.8. The van der Waals surface area contributed by atoms with Gasteiger partial charge < -0.3 is 9.80 Å². The van der Waals surface area contributed by atoms with E-state index in [1.54, 1.807) is 9.80 Å². The van der Waals surface area contributed by atoms with Crippen molar-refractivity contribution in [3.05, 3.63) is 42.0 Å². The summed E-state index contributed by atoms with van der Waals surface area (Å²) in [4.78, 5) is 21.0. The third-order valence-electron chi connectivity index (χ3n) is 8.18. The van der Waals surface area contributed by atoms with Crippen LogP contribution in [-0.4, -0.2) is 88.7 Å². The molecule has 2 amide bonds. The van der Waals surface area contributed by atoms with Crippen LogP contribution in [0.5, 0.6) is 0 Å². The van der Waals surface area contributed by atoms with E-state index in [1.807, 2.05) is 0 Å². The maximum atomic E-state index is 12.8. The summed E-state index contributed by atoms with van der Waals surface area (Å²) in [5.74, 6) is -1.15. The van der Waals surface area contributed by atoms with Gasteiger partial charge in [-0.1, -0.05) is 12.1 Å². The van der Waals surface area contributed by atoms with Gasteiger partial charge in [0.1, 0.15) is 6.33 Å². The van der Waals surface area contributed by atoms with Crippen molar-refractivity contribution in [1.29, 1.82) is 0 Å². The van der Waals surface area contributed by atoms with Crippen molar-refractivity contribution in [1.82, 2.24) is 29.5 Å². The van der Waals surface area contributed by atoms with Crippen molar-refractivity contribution < 1.29 is 39.6 Å². The molecule has 1 saturated carbocycles. The van der Waals surface area contributed by atoms with E-state index < -0.39 is 32.2 Å². The van der Waals surface area contributed by atoms with Crippen molar-refractivity contribution in [2.75, 3.05) is 39.3 Å². The molecule has 4 heterocycles. The molecule has 0 unspecified atom stereocenters. The number of amides is 2. The van der Waals surface area contributed by atoms with Gasteiger partial charge in [0.05, 0.1) is 10.9 Å². The molecule has 4 fully saturated rings. The summed E-state index contributed by atoms with van der Waals surface area (Å²) in [6.07, 6.45) is -2.16. The number of benzene rings is 1. The molecule has 39 heavy (non-hydrogen) atoms. The van der Waals surface area contributed by atoms with Gasteiger partial charge in [-0.25, -0.2) is 22.9 Å². The monoisotopic (exact) mass is 578 g/mol. The van der Waals surface area contributed by atoms with E-state index in [9.17, 15) is 39.6 Å². The second-order valence-electron chi connectivity index (χ2n) is 11.3. The Labute approximate surface area is 219 Å². The van der Waals surface area contributed by atoms with Crippen LogP contribution in [0.1, 0.15) is 30.3 Å². The third kappa shape index (κ3) is 4.44. The molecule has 0 radical (unpaired) electrons. The molecule has 1 aromatic heterocycles. The van der Waals surface area contributed by atoms with Crippen LogP contribution in [0.2, 0.25) is 0 Å². The molecule has 3 aliphatic heterocycles. The second-order valence-corrected chi connectivity index (χ2v) is 13.3. The molecule has 2 spiro atoms. The zero-order chi connectivity index (χ0) is 28.0. The molecule has 3 saturated heterocycles. The number of likely N-dealkylation sites (tertiary alicyclic amines) is 3. The first-order valence-corrected chi connectivity index (χ1v) is 13.7. The molecule has 9 nitrogen and oxygen atoms in total. The maximum Gasteiger partial charge on any atom is 0.501 e. The van der Waals surface area contributed by atoms with Crippen molar-refractivity contribution in [3.8, 4) is 0 Å². The highest BCUT2D eigenvalue weighted by Gasteiger charge is 2.58. The molecular weight excluding hydrogens is 554 g/mol. The van der Waals surface area contributed by atoms with Crippen LogP contribution in [0, 0.1) is 10.8 Å². The number of nitrogens with zero attached hydrogens (tertiary/aromatic N) is 6. The van der Waals surface area contributed by atoms with Gasteiger partial charge >= 0.3 is 17.7 Å². The summed E-state index contributed by atoms with van der Waals surface area (Å²) in [7, 11) is -5.37. The molecule has 1 aliphatic carbocycles. The summed E-state index contributed by atoms with van der Waals surface area (Å²) >= 11 is 0. The average Bonchev–Trinajstić information content (AvgIpc) is 3.22. The molecule has 0 N–H and O–H groups in total. The predicted molar refractivity (Wildman–Crippen MR) is 122 cm³/mol.